The Labute approximate surface area is 174 Å². The standard InChI is InChI=1S/C20H30N4O.HI/c1-2-21-19(24-15-12-20(16-24)10-6-11-20)23-14-7-13-22-18(25)17-8-4-3-5-9-17;/h3-5,8-9H,2,6-7,10-16H2,1H3,(H,21,23)(H,22,25);1H. The Bertz CT molecular complexity index is 601. The molecule has 26 heavy (non-hydrogen) atoms. The van der Waals surface area contributed by atoms with Crippen molar-refractivity contribution >= 4 is 35.8 Å². The number of hydrogen-bond donors (Lipinski definition) is 2. The lowest BCUT2D eigenvalue weighted by molar-refractivity contribution is 0.0953. The molecule has 0 aromatic heterocycles. The van der Waals surface area contributed by atoms with Gasteiger partial charge >= 0.3 is 0 Å². The second kappa shape index (κ2) is 10.1. The highest BCUT2D eigenvalue weighted by Gasteiger charge is 2.43. The molecule has 0 radical (unpaired) electrons. The minimum absolute atomic E-state index is 0. The van der Waals surface area contributed by atoms with Gasteiger partial charge in [-0.1, -0.05) is 24.6 Å². The molecule has 0 unspecified atom stereocenters. The first-order valence-electron chi connectivity index (χ1n) is 9.59. The molecule has 2 fully saturated rings. The SMILES string of the molecule is CCNC(=NCCCNC(=O)c1ccccc1)N1CCC2(CCC2)C1.I. The minimum Gasteiger partial charge on any atom is -0.357 e. The van der Waals surface area contributed by atoms with Gasteiger partial charge in [-0.15, -0.1) is 24.0 Å². The highest BCUT2D eigenvalue weighted by molar-refractivity contribution is 14.0. The number of benzene rings is 1. The Hall–Kier alpha value is -1.31. The van der Waals surface area contributed by atoms with Crippen molar-refractivity contribution in [3.05, 3.63) is 35.9 Å². The molecule has 5 nitrogen and oxygen atoms in total. The topological polar surface area (TPSA) is 56.7 Å². The van der Waals surface area contributed by atoms with E-state index in [-0.39, 0.29) is 29.9 Å². The van der Waals surface area contributed by atoms with Gasteiger partial charge in [-0.2, -0.15) is 0 Å². The zero-order chi connectivity index (χ0) is 17.5. The molecule has 2 aliphatic rings. The molecule has 1 saturated heterocycles. The van der Waals surface area contributed by atoms with Gasteiger partial charge in [-0.3, -0.25) is 9.79 Å². The lowest BCUT2D eigenvalue weighted by atomic mass is 9.68. The number of halogens is 1. The molecule has 2 N–H and O–H groups in total. The summed E-state index contributed by atoms with van der Waals surface area (Å²) in [5.74, 6) is 1.03. The van der Waals surface area contributed by atoms with Crippen LogP contribution in [0.5, 0.6) is 0 Å². The highest BCUT2D eigenvalue weighted by atomic mass is 127. The molecule has 1 aromatic carbocycles. The number of carbonyl (C=O) groups is 1. The van der Waals surface area contributed by atoms with E-state index in [9.17, 15) is 4.79 Å². The zero-order valence-corrected chi connectivity index (χ0v) is 18.0. The fourth-order valence-electron chi connectivity index (χ4n) is 3.78. The Balaban J connectivity index is 0.00000243. The van der Waals surface area contributed by atoms with Gasteiger partial charge in [0.1, 0.15) is 0 Å². The van der Waals surface area contributed by atoms with Crippen molar-refractivity contribution in [2.45, 2.75) is 39.0 Å². The van der Waals surface area contributed by atoms with Crippen LogP contribution in [0, 0.1) is 5.41 Å². The van der Waals surface area contributed by atoms with Gasteiger partial charge < -0.3 is 15.5 Å². The van der Waals surface area contributed by atoms with E-state index in [1.54, 1.807) is 0 Å². The molecular formula is C20H31IN4O. The number of nitrogens with one attached hydrogen (secondary N) is 2. The number of guanidine groups is 1. The van der Waals surface area contributed by atoms with Gasteiger partial charge in [0.25, 0.3) is 5.91 Å². The van der Waals surface area contributed by atoms with Crippen LogP contribution in [-0.2, 0) is 0 Å². The van der Waals surface area contributed by atoms with Gasteiger partial charge in [0.15, 0.2) is 5.96 Å². The number of hydrogen-bond acceptors (Lipinski definition) is 2. The van der Waals surface area contributed by atoms with Gasteiger partial charge in [-0.25, -0.2) is 0 Å². The third kappa shape index (κ3) is 5.34. The van der Waals surface area contributed by atoms with E-state index in [4.69, 9.17) is 4.99 Å². The Morgan fingerprint density at radius 2 is 1.96 bits per heavy atom. The third-order valence-corrected chi connectivity index (χ3v) is 5.40. The summed E-state index contributed by atoms with van der Waals surface area (Å²) in [6.07, 6.45) is 6.32. The first-order valence-corrected chi connectivity index (χ1v) is 9.59. The Kier molecular flexibility index (Phi) is 8.18. The van der Waals surface area contributed by atoms with Crippen molar-refractivity contribution in [3.8, 4) is 0 Å². The molecule has 1 aliphatic carbocycles. The molecule has 0 atom stereocenters. The maximum atomic E-state index is 12.0. The number of likely N-dealkylation sites (tertiary alicyclic amines) is 1. The fourth-order valence-corrected chi connectivity index (χ4v) is 3.78. The highest BCUT2D eigenvalue weighted by Crippen LogP contribution is 2.47. The molecule has 1 aliphatic heterocycles. The second-order valence-electron chi connectivity index (χ2n) is 7.24. The van der Waals surface area contributed by atoms with Crippen LogP contribution in [-0.4, -0.2) is 49.5 Å². The Morgan fingerprint density at radius 3 is 2.58 bits per heavy atom. The van der Waals surface area contributed by atoms with Gasteiger partial charge in [0.05, 0.1) is 0 Å². The fraction of sp³-hybridized carbons (Fsp3) is 0.600. The normalized spacial score (nSPS) is 18.2. The van der Waals surface area contributed by atoms with E-state index in [1.807, 2.05) is 30.3 Å². The van der Waals surface area contributed by atoms with Crippen LogP contribution >= 0.6 is 24.0 Å². The van der Waals surface area contributed by atoms with Crippen molar-refractivity contribution < 1.29 is 4.79 Å². The van der Waals surface area contributed by atoms with Gasteiger partial charge in [0, 0.05) is 38.3 Å². The summed E-state index contributed by atoms with van der Waals surface area (Å²) in [6.45, 7) is 6.68. The van der Waals surface area contributed by atoms with E-state index >= 15 is 0 Å². The number of nitrogens with zero attached hydrogens (tertiary/aromatic N) is 2. The minimum atomic E-state index is -0.0112. The summed E-state index contributed by atoms with van der Waals surface area (Å²) in [5, 5.41) is 6.39. The summed E-state index contributed by atoms with van der Waals surface area (Å²) in [4.78, 5) is 19.2. The van der Waals surface area contributed by atoms with Crippen LogP contribution in [0.15, 0.2) is 35.3 Å². The zero-order valence-electron chi connectivity index (χ0n) is 15.7. The summed E-state index contributed by atoms with van der Waals surface area (Å²) in [5.41, 5.74) is 1.29. The average Bonchev–Trinajstić information content (AvgIpc) is 3.07. The number of aliphatic imine (C=N–C) groups is 1. The predicted octanol–water partition coefficient (Wildman–Crippen LogP) is 3.27. The van der Waals surface area contributed by atoms with Crippen LogP contribution in [0.4, 0.5) is 0 Å². The lowest BCUT2D eigenvalue weighted by Crippen LogP contribution is -2.42. The van der Waals surface area contributed by atoms with Crippen molar-refractivity contribution in [1.82, 2.24) is 15.5 Å². The van der Waals surface area contributed by atoms with Crippen molar-refractivity contribution in [2.75, 3.05) is 32.7 Å². The van der Waals surface area contributed by atoms with Gasteiger partial charge in [-0.05, 0) is 50.2 Å². The number of amides is 1. The maximum absolute atomic E-state index is 12.0. The lowest BCUT2D eigenvalue weighted by Gasteiger charge is -2.38. The van der Waals surface area contributed by atoms with Gasteiger partial charge in [0.2, 0.25) is 0 Å². The quantitative estimate of drug-likeness (QED) is 0.291. The first kappa shape index (κ1) is 21.0. The van der Waals surface area contributed by atoms with Crippen molar-refractivity contribution in [1.29, 1.82) is 0 Å². The molecule has 3 rings (SSSR count). The first-order chi connectivity index (χ1) is 12.2. The van der Waals surface area contributed by atoms with E-state index < -0.39 is 0 Å². The van der Waals surface area contributed by atoms with Crippen molar-refractivity contribution in [3.63, 3.8) is 0 Å². The second-order valence-corrected chi connectivity index (χ2v) is 7.24. The van der Waals surface area contributed by atoms with E-state index in [2.05, 4.69) is 22.5 Å². The molecule has 144 valence electrons. The summed E-state index contributed by atoms with van der Waals surface area (Å²) in [6, 6.07) is 9.35. The molecule has 6 heteroatoms. The maximum Gasteiger partial charge on any atom is 0.251 e. The van der Waals surface area contributed by atoms with Crippen LogP contribution in [0.2, 0.25) is 0 Å². The molecule has 1 amide bonds. The average molecular weight is 470 g/mol. The van der Waals surface area contributed by atoms with Crippen LogP contribution in [0.1, 0.15) is 49.4 Å². The van der Waals surface area contributed by atoms with Crippen molar-refractivity contribution in [2.24, 2.45) is 10.4 Å². The summed E-state index contributed by atoms with van der Waals surface area (Å²) in [7, 11) is 0. The number of rotatable bonds is 6. The monoisotopic (exact) mass is 470 g/mol. The Morgan fingerprint density at radius 1 is 1.19 bits per heavy atom. The van der Waals surface area contributed by atoms with Crippen LogP contribution in [0.25, 0.3) is 0 Å². The van der Waals surface area contributed by atoms with Crippen LogP contribution < -0.4 is 10.6 Å². The third-order valence-electron chi connectivity index (χ3n) is 5.40. The largest absolute Gasteiger partial charge is 0.357 e. The molecule has 1 heterocycles. The predicted molar refractivity (Wildman–Crippen MR) is 117 cm³/mol. The van der Waals surface area contributed by atoms with E-state index in [0.29, 0.717) is 17.5 Å². The van der Waals surface area contributed by atoms with E-state index in [1.165, 1.54) is 25.7 Å². The molecule has 1 saturated carbocycles. The molecule has 1 spiro atoms. The molecular weight excluding hydrogens is 439 g/mol. The molecule has 1 aromatic rings. The number of carbonyl (C=O) groups excluding carboxylic acids is 1. The summed E-state index contributed by atoms with van der Waals surface area (Å²) < 4.78 is 0. The van der Waals surface area contributed by atoms with E-state index in [0.717, 1.165) is 38.6 Å². The van der Waals surface area contributed by atoms with Crippen LogP contribution in [0.3, 0.4) is 0 Å². The molecule has 0 bridgehead atoms. The summed E-state index contributed by atoms with van der Waals surface area (Å²) >= 11 is 0. The smallest absolute Gasteiger partial charge is 0.251 e.